The molecule has 1 N–H and O–H groups in total. The number of sulfonamides is 1. The van der Waals surface area contributed by atoms with E-state index in [-0.39, 0.29) is 0 Å². The molecule has 1 aromatic carbocycles. The quantitative estimate of drug-likeness (QED) is 0.915. The zero-order valence-electron chi connectivity index (χ0n) is 11.6. The molecule has 19 heavy (non-hydrogen) atoms. The summed E-state index contributed by atoms with van der Waals surface area (Å²) in [5, 5.41) is 0. The van der Waals surface area contributed by atoms with Crippen molar-refractivity contribution in [1.29, 1.82) is 0 Å². The second-order valence-corrected chi connectivity index (χ2v) is 6.98. The number of rotatable bonds is 4. The first kappa shape index (κ1) is 14.5. The predicted molar refractivity (Wildman–Crippen MR) is 76.6 cm³/mol. The number of nitrogens with one attached hydrogen (secondary N) is 1. The molecule has 0 aliphatic carbocycles. The van der Waals surface area contributed by atoms with Crippen LogP contribution in [0.15, 0.2) is 29.2 Å². The van der Waals surface area contributed by atoms with Crippen molar-refractivity contribution < 1.29 is 8.42 Å². The highest BCUT2D eigenvalue weighted by Crippen LogP contribution is 2.17. The van der Waals surface area contributed by atoms with E-state index in [1.54, 1.807) is 12.1 Å². The number of nitrogens with zero attached hydrogens (tertiary/aromatic N) is 1. The maximum atomic E-state index is 12.3. The SMILES string of the molecule is Cc1ccccc1S(=O)(=O)NCC1CCCCN1C. The highest BCUT2D eigenvalue weighted by Gasteiger charge is 2.22. The summed E-state index contributed by atoms with van der Waals surface area (Å²) < 4.78 is 27.3. The Hall–Kier alpha value is -0.910. The summed E-state index contributed by atoms with van der Waals surface area (Å²) in [6, 6.07) is 7.40. The minimum atomic E-state index is -3.39. The van der Waals surface area contributed by atoms with Gasteiger partial charge in [-0.2, -0.15) is 0 Å². The Morgan fingerprint density at radius 1 is 1.32 bits per heavy atom. The number of likely N-dealkylation sites (N-methyl/N-ethyl adjacent to an activating group) is 1. The van der Waals surface area contributed by atoms with Crippen LogP contribution >= 0.6 is 0 Å². The summed E-state index contributed by atoms with van der Waals surface area (Å²) in [4.78, 5) is 2.62. The van der Waals surface area contributed by atoms with Crippen molar-refractivity contribution in [2.24, 2.45) is 0 Å². The van der Waals surface area contributed by atoms with Crippen molar-refractivity contribution in [2.45, 2.75) is 37.1 Å². The van der Waals surface area contributed by atoms with Gasteiger partial charge < -0.3 is 4.90 Å². The van der Waals surface area contributed by atoms with Gasteiger partial charge in [0.15, 0.2) is 0 Å². The van der Waals surface area contributed by atoms with Crippen molar-refractivity contribution >= 4 is 10.0 Å². The molecule has 0 bridgehead atoms. The summed E-state index contributed by atoms with van der Waals surface area (Å²) in [6.07, 6.45) is 3.45. The van der Waals surface area contributed by atoms with Gasteiger partial charge >= 0.3 is 0 Å². The van der Waals surface area contributed by atoms with Crippen LogP contribution < -0.4 is 4.72 Å². The molecule has 0 radical (unpaired) electrons. The minimum Gasteiger partial charge on any atom is -0.302 e. The van der Waals surface area contributed by atoms with Crippen LogP contribution in [0.5, 0.6) is 0 Å². The van der Waals surface area contributed by atoms with Crippen LogP contribution in [0, 0.1) is 6.92 Å². The van der Waals surface area contributed by atoms with E-state index in [2.05, 4.69) is 16.7 Å². The lowest BCUT2D eigenvalue weighted by atomic mass is 10.0. The monoisotopic (exact) mass is 282 g/mol. The van der Waals surface area contributed by atoms with E-state index in [0.717, 1.165) is 18.5 Å². The largest absolute Gasteiger partial charge is 0.302 e. The zero-order valence-corrected chi connectivity index (χ0v) is 12.4. The van der Waals surface area contributed by atoms with Crippen molar-refractivity contribution in [3.8, 4) is 0 Å². The summed E-state index contributed by atoms with van der Waals surface area (Å²) >= 11 is 0. The first-order chi connectivity index (χ1) is 9.00. The number of hydrogen-bond acceptors (Lipinski definition) is 3. The van der Waals surface area contributed by atoms with Gasteiger partial charge in [0.25, 0.3) is 0 Å². The lowest BCUT2D eigenvalue weighted by molar-refractivity contribution is 0.187. The first-order valence-corrected chi connectivity index (χ1v) is 8.24. The number of hydrogen-bond donors (Lipinski definition) is 1. The summed E-state index contributed by atoms with van der Waals surface area (Å²) in [5.41, 5.74) is 0.784. The van der Waals surface area contributed by atoms with Gasteiger partial charge in [-0.1, -0.05) is 24.6 Å². The lowest BCUT2D eigenvalue weighted by Gasteiger charge is -2.32. The van der Waals surface area contributed by atoms with Gasteiger partial charge in [-0.25, -0.2) is 13.1 Å². The molecule has 1 atom stereocenters. The Kier molecular flexibility index (Phi) is 4.60. The van der Waals surface area contributed by atoms with E-state index in [1.807, 2.05) is 19.1 Å². The smallest absolute Gasteiger partial charge is 0.240 e. The van der Waals surface area contributed by atoms with Crippen LogP contribution in [-0.4, -0.2) is 39.5 Å². The fourth-order valence-electron chi connectivity index (χ4n) is 2.54. The van der Waals surface area contributed by atoms with Gasteiger partial charge in [0.05, 0.1) is 4.90 Å². The number of piperidine rings is 1. The molecule has 1 unspecified atom stereocenters. The van der Waals surface area contributed by atoms with Crippen LogP contribution in [0.3, 0.4) is 0 Å². The highest BCUT2D eigenvalue weighted by molar-refractivity contribution is 7.89. The van der Waals surface area contributed by atoms with Gasteiger partial charge in [-0.15, -0.1) is 0 Å². The molecule has 0 saturated carbocycles. The predicted octanol–water partition coefficient (Wildman–Crippen LogP) is 1.76. The summed E-state index contributed by atoms with van der Waals surface area (Å²) in [7, 11) is -1.33. The molecule has 1 aliphatic rings. The number of benzene rings is 1. The van der Waals surface area contributed by atoms with Gasteiger partial charge in [0.1, 0.15) is 0 Å². The molecule has 1 saturated heterocycles. The first-order valence-electron chi connectivity index (χ1n) is 6.76. The van der Waals surface area contributed by atoms with Crippen molar-refractivity contribution in [2.75, 3.05) is 20.1 Å². The second kappa shape index (κ2) is 6.03. The molecule has 2 rings (SSSR count). The van der Waals surface area contributed by atoms with Crippen LogP contribution in [0.2, 0.25) is 0 Å². The number of aryl methyl sites for hydroxylation is 1. The number of likely N-dealkylation sites (tertiary alicyclic amines) is 1. The molecular weight excluding hydrogens is 260 g/mol. The van der Waals surface area contributed by atoms with Crippen molar-refractivity contribution in [3.05, 3.63) is 29.8 Å². The second-order valence-electron chi connectivity index (χ2n) is 5.25. The van der Waals surface area contributed by atoms with E-state index in [9.17, 15) is 8.42 Å². The Morgan fingerprint density at radius 2 is 2.05 bits per heavy atom. The fourth-order valence-corrected chi connectivity index (χ4v) is 3.86. The Balaban J connectivity index is 2.04. The van der Waals surface area contributed by atoms with E-state index >= 15 is 0 Å². The van der Waals surface area contributed by atoms with E-state index in [4.69, 9.17) is 0 Å². The molecule has 0 amide bonds. The average Bonchev–Trinajstić information content (AvgIpc) is 2.38. The van der Waals surface area contributed by atoms with Crippen LogP contribution in [0.4, 0.5) is 0 Å². The van der Waals surface area contributed by atoms with Crippen LogP contribution in [0.1, 0.15) is 24.8 Å². The lowest BCUT2D eigenvalue weighted by Crippen LogP contribution is -2.44. The normalized spacial score (nSPS) is 21.5. The summed E-state index contributed by atoms with van der Waals surface area (Å²) in [5.74, 6) is 0. The molecule has 0 spiro atoms. The average molecular weight is 282 g/mol. The van der Waals surface area contributed by atoms with Gasteiger partial charge in [-0.3, -0.25) is 0 Å². The minimum absolute atomic E-state index is 0.313. The van der Waals surface area contributed by atoms with Crippen molar-refractivity contribution in [1.82, 2.24) is 9.62 Å². The molecule has 0 aromatic heterocycles. The third kappa shape index (κ3) is 3.55. The van der Waals surface area contributed by atoms with E-state index in [0.29, 0.717) is 17.5 Å². The molecule has 106 valence electrons. The standard InChI is InChI=1S/C14H22N2O2S/c1-12-7-3-4-9-14(12)19(17,18)15-11-13-8-5-6-10-16(13)2/h3-4,7,9,13,15H,5-6,8,10-11H2,1-2H3. The Bertz CT molecular complexity index is 528. The zero-order chi connectivity index (χ0) is 13.9. The molecule has 1 aliphatic heterocycles. The third-order valence-corrected chi connectivity index (χ3v) is 5.40. The summed E-state index contributed by atoms with van der Waals surface area (Å²) in [6.45, 7) is 3.37. The van der Waals surface area contributed by atoms with Crippen LogP contribution in [0.25, 0.3) is 0 Å². The van der Waals surface area contributed by atoms with Gasteiger partial charge in [0, 0.05) is 12.6 Å². The van der Waals surface area contributed by atoms with Crippen molar-refractivity contribution in [3.63, 3.8) is 0 Å². The third-order valence-electron chi connectivity index (χ3n) is 3.81. The van der Waals surface area contributed by atoms with E-state index < -0.39 is 10.0 Å². The molecular formula is C14H22N2O2S. The Labute approximate surface area is 115 Å². The molecule has 5 heteroatoms. The van der Waals surface area contributed by atoms with Gasteiger partial charge in [0.2, 0.25) is 10.0 Å². The topological polar surface area (TPSA) is 49.4 Å². The van der Waals surface area contributed by atoms with E-state index in [1.165, 1.54) is 12.8 Å². The highest BCUT2D eigenvalue weighted by atomic mass is 32.2. The molecule has 1 fully saturated rings. The Morgan fingerprint density at radius 3 is 2.74 bits per heavy atom. The maximum absolute atomic E-state index is 12.3. The molecule has 1 aromatic rings. The maximum Gasteiger partial charge on any atom is 0.240 e. The molecule has 1 heterocycles. The van der Waals surface area contributed by atoms with Crippen LogP contribution in [-0.2, 0) is 10.0 Å². The fraction of sp³-hybridized carbons (Fsp3) is 0.571. The van der Waals surface area contributed by atoms with Gasteiger partial charge in [-0.05, 0) is 45.0 Å². The molecule has 4 nitrogen and oxygen atoms in total.